The van der Waals surface area contributed by atoms with Crippen LogP contribution in [0.15, 0.2) is 75.9 Å². The number of aromatic nitrogens is 3. The summed E-state index contributed by atoms with van der Waals surface area (Å²) in [5.74, 6) is 0.254. The minimum absolute atomic E-state index is 0.221. The molecule has 2 aromatic heterocycles. The van der Waals surface area contributed by atoms with Crippen LogP contribution >= 0.6 is 11.6 Å². The number of carbonyl (C=O) groups excluding carboxylic acids is 1. The molecule has 0 fully saturated rings. The first kappa shape index (κ1) is 20.9. The van der Waals surface area contributed by atoms with Gasteiger partial charge in [0, 0.05) is 41.7 Å². The largest absolute Gasteiger partial charge is 0.441 e. The van der Waals surface area contributed by atoms with E-state index in [1.807, 2.05) is 24.3 Å². The second-order valence-electron chi connectivity index (χ2n) is 7.71. The fourth-order valence-corrected chi connectivity index (χ4v) is 4.00. The van der Waals surface area contributed by atoms with E-state index in [1.165, 1.54) is 9.58 Å². The van der Waals surface area contributed by atoms with Crippen molar-refractivity contribution < 1.29 is 9.21 Å². The molecule has 0 saturated heterocycles. The number of oxazole rings is 1. The number of aryl methyl sites for hydroxylation is 1. The fourth-order valence-electron chi connectivity index (χ4n) is 3.81. The second-order valence-corrected chi connectivity index (χ2v) is 8.14. The molecule has 0 N–H and O–H groups in total. The van der Waals surface area contributed by atoms with Crippen molar-refractivity contribution in [3.05, 3.63) is 88.0 Å². The van der Waals surface area contributed by atoms with E-state index in [2.05, 4.69) is 10.1 Å². The molecular formula is C25H19ClN4O3. The maximum atomic E-state index is 13.1. The van der Waals surface area contributed by atoms with Gasteiger partial charge in [0.15, 0.2) is 11.5 Å². The number of nitrogens with zero attached hydrogens (tertiary/aromatic N) is 4. The first-order valence-electron chi connectivity index (χ1n) is 10.3. The van der Waals surface area contributed by atoms with Gasteiger partial charge in [0.05, 0.1) is 11.1 Å². The predicted octanol–water partition coefficient (Wildman–Crippen LogP) is 4.83. The standard InChI is InChI=1S/C25H19ClN4O3/c1-15-27-21-11-10-18(13-22(21)33-15)29(2)23(31)14-30-25(32)20-9-4-3-8-19(20)24(28-30)16-6-5-7-17(26)12-16/h3-13H,14H2,1-2H3. The zero-order chi connectivity index (χ0) is 23.1. The summed E-state index contributed by atoms with van der Waals surface area (Å²) in [6, 6.07) is 19.8. The number of likely N-dealkylation sites (N-methyl/N-ethyl adjacent to an activating group) is 1. The van der Waals surface area contributed by atoms with Crippen molar-refractivity contribution in [3.63, 3.8) is 0 Å². The van der Waals surface area contributed by atoms with Crippen LogP contribution in [-0.2, 0) is 11.3 Å². The molecule has 0 saturated carbocycles. The minimum atomic E-state index is -0.334. The first-order chi connectivity index (χ1) is 15.9. The molecule has 1 amide bonds. The van der Waals surface area contributed by atoms with Gasteiger partial charge in [0.2, 0.25) is 5.91 Å². The van der Waals surface area contributed by atoms with Crippen LogP contribution in [0.4, 0.5) is 5.69 Å². The quantitative estimate of drug-likeness (QED) is 0.385. The second kappa shape index (κ2) is 8.18. The van der Waals surface area contributed by atoms with Crippen LogP contribution in [0, 0.1) is 6.92 Å². The Bertz CT molecular complexity index is 1590. The van der Waals surface area contributed by atoms with Crippen molar-refractivity contribution in [2.45, 2.75) is 13.5 Å². The Morgan fingerprint density at radius 3 is 2.64 bits per heavy atom. The van der Waals surface area contributed by atoms with E-state index in [1.54, 1.807) is 56.4 Å². The molecule has 2 heterocycles. The summed E-state index contributed by atoms with van der Waals surface area (Å²) in [5, 5.41) is 6.30. The zero-order valence-corrected chi connectivity index (χ0v) is 18.7. The molecule has 0 aliphatic carbocycles. The summed E-state index contributed by atoms with van der Waals surface area (Å²) in [6.07, 6.45) is 0. The van der Waals surface area contributed by atoms with Crippen molar-refractivity contribution in [1.82, 2.24) is 14.8 Å². The average molecular weight is 459 g/mol. The van der Waals surface area contributed by atoms with Crippen LogP contribution in [0.1, 0.15) is 5.89 Å². The molecule has 0 unspecified atom stereocenters. The van der Waals surface area contributed by atoms with E-state index < -0.39 is 0 Å². The molecular weight excluding hydrogens is 440 g/mol. The van der Waals surface area contributed by atoms with E-state index in [-0.39, 0.29) is 18.0 Å². The Morgan fingerprint density at radius 2 is 1.85 bits per heavy atom. The van der Waals surface area contributed by atoms with Gasteiger partial charge in [0.1, 0.15) is 12.1 Å². The zero-order valence-electron chi connectivity index (χ0n) is 17.9. The van der Waals surface area contributed by atoms with Crippen molar-refractivity contribution >= 4 is 45.1 Å². The molecule has 0 atom stereocenters. The summed E-state index contributed by atoms with van der Waals surface area (Å²) >= 11 is 6.18. The highest BCUT2D eigenvalue weighted by molar-refractivity contribution is 6.30. The topological polar surface area (TPSA) is 81.2 Å². The Morgan fingerprint density at radius 1 is 1.06 bits per heavy atom. The Hall–Kier alpha value is -3.97. The number of hydrogen-bond donors (Lipinski definition) is 0. The number of amides is 1. The summed E-state index contributed by atoms with van der Waals surface area (Å²) in [6.45, 7) is 1.55. The molecule has 7 nitrogen and oxygen atoms in total. The molecule has 0 aliphatic rings. The normalized spacial score (nSPS) is 11.2. The van der Waals surface area contributed by atoms with E-state index in [0.29, 0.717) is 38.7 Å². The molecule has 8 heteroatoms. The molecule has 0 aliphatic heterocycles. The van der Waals surface area contributed by atoms with E-state index in [9.17, 15) is 9.59 Å². The number of rotatable bonds is 4. The lowest BCUT2D eigenvalue weighted by Crippen LogP contribution is -2.35. The third-order valence-corrected chi connectivity index (χ3v) is 5.73. The smallest absolute Gasteiger partial charge is 0.275 e. The number of anilines is 1. The first-order valence-corrected chi connectivity index (χ1v) is 10.7. The Labute approximate surface area is 193 Å². The summed E-state index contributed by atoms with van der Waals surface area (Å²) in [4.78, 5) is 32.0. The van der Waals surface area contributed by atoms with Gasteiger partial charge in [-0.15, -0.1) is 0 Å². The molecule has 0 radical (unpaired) electrons. The third kappa shape index (κ3) is 3.87. The van der Waals surface area contributed by atoms with Crippen molar-refractivity contribution in [1.29, 1.82) is 0 Å². The van der Waals surface area contributed by atoms with Gasteiger partial charge in [-0.1, -0.05) is 41.9 Å². The highest BCUT2D eigenvalue weighted by Crippen LogP contribution is 2.27. The lowest BCUT2D eigenvalue weighted by Gasteiger charge is -2.18. The molecule has 33 heavy (non-hydrogen) atoms. The number of carbonyl (C=O) groups is 1. The SMILES string of the molecule is Cc1nc2ccc(N(C)C(=O)Cn3nc(-c4cccc(Cl)c4)c4ccccc4c3=O)cc2o1. The summed E-state index contributed by atoms with van der Waals surface area (Å²) < 4.78 is 6.77. The molecule has 5 rings (SSSR count). The van der Waals surface area contributed by atoms with Crippen LogP contribution in [0.2, 0.25) is 5.02 Å². The Balaban J connectivity index is 1.54. The number of hydrogen-bond acceptors (Lipinski definition) is 5. The van der Waals surface area contributed by atoms with Gasteiger partial charge in [0.25, 0.3) is 5.56 Å². The molecule has 3 aromatic carbocycles. The fraction of sp³-hybridized carbons (Fsp3) is 0.120. The minimum Gasteiger partial charge on any atom is -0.441 e. The number of benzene rings is 3. The van der Waals surface area contributed by atoms with Crippen LogP contribution < -0.4 is 10.5 Å². The van der Waals surface area contributed by atoms with Crippen molar-refractivity contribution in [3.8, 4) is 11.3 Å². The van der Waals surface area contributed by atoms with Crippen LogP contribution in [0.25, 0.3) is 33.1 Å². The van der Waals surface area contributed by atoms with Gasteiger partial charge >= 0.3 is 0 Å². The van der Waals surface area contributed by atoms with Crippen molar-refractivity contribution in [2.75, 3.05) is 11.9 Å². The van der Waals surface area contributed by atoms with Gasteiger partial charge in [-0.25, -0.2) is 9.67 Å². The molecule has 0 bridgehead atoms. The highest BCUT2D eigenvalue weighted by Gasteiger charge is 2.18. The molecule has 0 spiro atoms. The van der Waals surface area contributed by atoms with Gasteiger partial charge in [-0.3, -0.25) is 9.59 Å². The predicted molar refractivity (Wildman–Crippen MR) is 129 cm³/mol. The lowest BCUT2D eigenvalue weighted by molar-refractivity contribution is -0.119. The lowest BCUT2D eigenvalue weighted by atomic mass is 10.1. The Kier molecular flexibility index (Phi) is 5.18. The van der Waals surface area contributed by atoms with Crippen LogP contribution in [-0.4, -0.2) is 27.7 Å². The average Bonchev–Trinajstić information content (AvgIpc) is 3.19. The molecule has 5 aromatic rings. The van der Waals surface area contributed by atoms with Gasteiger partial charge < -0.3 is 9.32 Å². The van der Waals surface area contributed by atoms with Crippen molar-refractivity contribution in [2.24, 2.45) is 0 Å². The molecule has 164 valence electrons. The summed E-state index contributed by atoms with van der Waals surface area (Å²) in [7, 11) is 1.65. The monoisotopic (exact) mass is 458 g/mol. The third-order valence-electron chi connectivity index (χ3n) is 5.49. The van der Waals surface area contributed by atoms with E-state index in [4.69, 9.17) is 16.0 Å². The van der Waals surface area contributed by atoms with E-state index in [0.717, 1.165) is 11.1 Å². The van der Waals surface area contributed by atoms with Gasteiger partial charge in [-0.05, 0) is 30.3 Å². The summed E-state index contributed by atoms with van der Waals surface area (Å²) in [5.41, 5.74) is 2.96. The maximum absolute atomic E-state index is 13.1. The maximum Gasteiger partial charge on any atom is 0.275 e. The van der Waals surface area contributed by atoms with E-state index >= 15 is 0 Å². The number of fused-ring (bicyclic) bond motifs is 2. The van der Waals surface area contributed by atoms with Gasteiger partial charge in [-0.2, -0.15) is 5.10 Å². The number of halogens is 1. The van der Waals surface area contributed by atoms with Crippen LogP contribution in [0.3, 0.4) is 0 Å². The highest BCUT2D eigenvalue weighted by atomic mass is 35.5. The van der Waals surface area contributed by atoms with Crippen LogP contribution in [0.5, 0.6) is 0 Å².